The third-order valence-electron chi connectivity index (χ3n) is 6.21. The molecule has 38 heavy (non-hydrogen) atoms. The maximum atomic E-state index is 13.3. The fraction of sp³-hybridized carbons (Fsp3) is 0.385. The number of hydrogen-bond acceptors (Lipinski definition) is 9. The van der Waals surface area contributed by atoms with Crippen molar-refractivity contribution in [1.29, 1.82) is 0 Å². The molecule has 10 nitrogen and oxygen atoms in total. The van der Waals surface area contributed by atoms with Crippen molar-refractivity contribution in [3.63, 3.8) is 0 Å². The topological polar surface area (TPSA) is 105 Å². The van der Waals surface area contributed by atoms with E-state index >= 15 is 0 Å². The molecule has 4 rings (SSSR count). The van der Waals surface area contributed by atoms with Gasteiger partial charge in [-0.25, -0.2) is 24.3 Å². The summed E-state index contributed by atoms with van der Waals surface area (Å²) in [6.45, 7) is 7.18. The third kappa shape index (κ3) is 6.31. The number of nitrogens with one attached hydrogen (secondary N) is 1. The highest BCUT2D eigenvalue weighted by Gasteiger charge is 2.24. The molecule has 4 aromatic heterocycles. The van der Waals surface area contributed by atoms with Crippen LogP contribution in [0.2, 0.25) is 0 Å². The van der Waals surface area contributed by atoms with Crippen molar-refractivity contribution in [2.24, 2.45) is 7.05 Å². The van der Waals surface area contributed by atoms with E-state index in [0.29, 0.717) is 35.6 Å². The van der Waals surface area contributed by atoms with Gasteiger partial charge in [-0.3, -0.25) is 9.48 Å². The lowest BCUT2D eigenvalue weighted by atomic mass is 10.1. The number of thiazole rings is 1. The van der Waals surface area contributed by atoms with Crippen LogP contribution in [0.1, 0.15) is 42.7 Å². The molecule has 12 heteroatoms. The van der Waals surface area contributed by atoms with E-state index in [1.54, 1.807) is 30.3 Å². The first-order chi connectivity index (χ1) is 18.3. The molecule has 0 unspecified atom stereocenters. The molecule has 4 aromatic rings. The van der Waals surface area contributed by atoms with E-state index in [-0.39, 0.29) is 11.9 Å². The van der Waals surface area contributed by atoms with Crippen molar-refractivity contribution in [2.75, 3.05) is 30.4 Å². The van der Waals surface area contributed by atoms with E-state index in [0.717, 1.165) is 42.3 Å². The first-order valence-electron chi connectivity index (χ1n) is 12.5. The molecular weight excluding hydrogens is 505 g/mol. The maximum absolute atomic E-state index is 13.3. The van der Waals surface area contributed by atoms with Gasteiger partial charge in [0.1, 0.15) is 11.5 Å². The number of rotatable bonds is 11. The molecule has 0 radical (unpaired) electrons. The first kappa shape index (κ1) is 27.1. The van der Waals surface area contributed by atoms with Gasteiger partial charge in [-0.1, -0.05) is 13.3 Å². The second-order valence-corrected chi connectivity index (χ2v) is 9.85. The zero-order valence-corrected chi connectivity index (χ0v) is 23.0. The summed E-state index contributed by atoms with van der Waals surface area (Å²) in [7, 11) is 3.69. The van der Waals surface area contributed by atoms with Crippen molar-refractivity contribution in [1.82, 2.24) is 34.6 Å². The molecule has 0 spiro atoms. The number of aromatic nitrogens is 6. The van der Waals surface area contributed by atoms with Gasteiger partial charge in [-0.05, 0) is 38.5 Å². The van der Waals surface area contributed by atoms with Gasteiger partial charge < -0.3 is 15.1 Å². The second-order valence-electron chi connectivity index (χ2n) is 8.99. The molecule has 4 heterocycles. The predicted octanol–water partition coefficient (Wildman–Crippen LogP) is 4.69. The van der Waals surface area contributed by atoms with Crippen LogP contribution in [-0.4, -0.2) is 66.7 Å². The third-order valence-corrected chi connectivity index (χ3v) is 6.96. The molecular formula is C26H32FN9OS. The molecule has 0 saturated carbocycles. The molecule has 0 aliphatic heterocycles. The minimum Gasteiger partial charge on any atom is -0.339 e. The number of pyridine rings is 1. The van der Waals surface area contributed by atoms with Gasteiger partial charge >= 0.3 is 0 Å². The predicted molar refractivity (Wildman–Crippen MR) is 147 cm³/mol. The Morgan fingerprint density at radius 1 is 1.18 bits per heavy atom. The van der Waals surface area contributed by atoms with E-state index in [1.807, 2.05) is 41.9 Å². The van der Waals surface area contributed by atoms with Crippen molar-refractivity contribution >= 4 is 34.1 Å². The normalized spacial score (nSPS) is 11.8. The molecule has 0 aliphatic rings. The van der Waals surface area contributed by atoms with Gasteiger partial charge in [0, 0.05) is 44.8 Å². The zero-order chi connectivity index (χ0) is 27.2. The first-order valence-corrected chi connectivity index (χ1v) is 13.4. The van der Waals surface area contributed by atoms with Gasteiger partial charge in [-0.15, -0.1) is 11.3 Å². The van der Waals surface area contributed by atoms with Crippen LogP contribution in [0, 0.1) is 12.7 Å². The lowest BCUT2D eigenvalue weighted by Gasteiger charge is -2.33. The average Bonchev–Trinajstić information content (AvgIpc) is 3.51. The van der Waals surface area contributed by atoms with Crippen LogP contribution >= 0.6 is 11.3 Å². The van der Waals surface area contributed by atoms with Crippen LogP contribution in [0.25, 0.3) is 11.4 Å². The Kier molecular flexibility index (Phi) is 8.62. The molecule has 0 aromatic carbocycles. The smallest absolute Gasteiger partial charge is 0.255 e. The number of likely N-dealkylation sites (N-methyl/N-ethyl adjacent to an activating group) is 2. The number of hydrogen-bond donors (Lipinski definition) is 1. The molecule has 1 amide bonds. The number of amides is 1. The Balaban J connectivity index is 1.42. The monoisotopic (exact) mass is 537 g/mol. The highest BCUT2D eigenvalue weighted by Crippen LogP contribution is 2.27. The van der Waals surface area contributed by atoms with E-state index in [1.165, 1.54) is 11.3 Å². The van der Waals surface area contributed by atoms with Crippen LogP contribution in [0.3, 0.4) is 0 Å². The molecule has 1 N–H and O–H groups in total. The zero-order valence-electron chi connectivity index (χ0n) is 22.2. The molecule has 200 valence electrons. The molecule has 0 bridgehead atoms. The lowest BCUT2D eigenvalue weighted by molar-refractivity contribution is 0.0727. The molecule has 0 saturated heterocycles. The Bertz CT molecular complexity index is 1350. The summed E-state index contributed by atoms with van der Waals surface area (Å²) in [5.74, 6) is 0.437. The van der Waals surface area contributed by atoms with Crippen LogP contribution in [0.5, 0.6) is 0 Å². The van der Waals surface area contributed by atoms with Crippen LogP contribution < -0.4 is 10.2 Å². The summed E-state index contributed by atoms with van der Waals surface area (Å²) < 4.78 is 15.1. The van der Waals surface area contributed by atoms with Crippen molar-refractivity contribution in [3.8, 4) is 11.4 Å². The van der Waals surface area contributed by atoms with Crippen molar-refractivity contribution in [2.45, 2.75) is 39.7 Å². The summed E-state index contributed by atoms with van der Waals surface area (Å²) in [5.41, 5.74) is 3.20. The van der Waals surface area contributed by atoms with Gasteiger partial charge in [0.15, 0.2) is 10.9 Å². The Morgan fingerprint density at radius 2 is 1.95 bits per heavy atom. The minimum atomic E-state index is -0.480. The van der Waals surface area contributed by atoms with Gasteiger partial charge in [-0.2, -0.15) is 5.10 Å². The number of carbonyl (C=O) groups is 1. The number of halogens is 1. The van der Waals surface area contributed by atoms with Crippen LogP contribution in [0.4, 0.5) is 21.3 Å². The summed E-state index contributed by atoms with van der Waals surface area (Å²) in [6, 6.07) is 5.45. The molecule has 0 aliphatic carbocycles. The number of carbonyl (C=O) groups excluding carboxylic acids is 1. The Morgan fingerprint density at radius 3 is 2.55 bits per heavy atom. The minimum absolute atomic E-state index is 0.0803. The number of nitrogens with zero attached hydrogens (tertiary/aromatic N) is 8. The fourth-order valence-electron chi connectivity index (χ4n) is 4.19. The number of anilines is 3. The van der Waals surface area contributed by atoms with Crippen LogP contribution in [0.15, 0.2) is 42.2 Å². The second kappa shape index (κ2) is 12.1. The summed E-state index contributed by atoms with van der Waals surface area (Å²) in [6.07, 6.45) is 5.59. The Hall–Kier alpha value is -3.93. The Labute approximate surface area is 225 Å². The van der Waals surface area contributed by atoms with Crippen molar-refractivity contribution < 1.29 is 9.18 Å². The van der Waals surface area contributed by atoms with Crippen molar-refractivity contribution in [3.05, 3.63) is 59.2 Å². The van der Waals surface area contributed by atoms with Gasteiger partial charge in [0.05, 0.1) is 29.3 Å². The summed E-state index contributed by atoms with van der Waals surface area (Å²) in [4.78, 5) is 34.3. The standard InChI is InChI=1S/C26H32FN9OS/c1-6-8-20(15-36(7-2)25-29-13-19(27)14-30-25)34(4)24(37)18-9-10-23(28-12-18)32-26-31-21(16-38-26)22-11-17(3)33-35(22)5/h9-14,16,20H,6-8,15H2,1-5H3,(H,28,31,32)/t20-/m1/s1. The average molecular weight is 538 g/mol. The fourth-order valence-corrected chi connectivity index (χ4v) is 4.90. The highest BCUT2D eigenvalue weighted by molar-refractivity contribution is 7.14. The SMILES string of the molecule is CCC[C@H](CN(CC)c1ncc(F)cn1)N(C)C(=O)c1ccc(Nc2nc(-c3cc(C)nn3C)cs2)nc1. The van der Waals surface area contributed by atoms with E-state index < -0.39 is 5.82 Å². The summed E-state index contributed by atoms with van der Waals surface area (Å²) >= 11 is 1.47. The van der Waals surface area contributed by atoms with E-state index in [9.17, 15) is 9.18 Å². The molecule has 1 atom stereocenters. The highest BCUT2D eigenvalue weighted by atomic mass is 32.1. The summed E-state index contributed by atoms with van der Waals surface area (Å²) in [5, 5.41) is 10.3. The quantitative estimate of drug-likeness (QED) is 0.294. The molecule has 0 fully saturated rings. The van der Waals surface area contributed by atoms with E-state index in [2.05, 4.69) is 37.3 Å². The maximum Gasteiger partial charge on any atom is 0.255 e. The largest absolute Gasteiger partial charge is 0.339 e. The van der Waals surface area contributed by atoms with Gasteiger partial charge in [0.2, 0.25) is 5.95 Å². The number of aryl methyl sites for hydroxylation is 2. The van der Waals surface area contributed by atoms with Crippen LogP contribution in [-0.2, 0) is 7.05 Å². The lowest BCUT2D eigenvalue weighted by Crippen LogP contribution is -2.45. The van der Waals surface area contributed by atoms with E-state index in [4.69, 9.17) is 0 Å². The van der Waals surface area contributed by atoms with Gasteiger partial charge in [0.25, 0.3) is 5.91 Å².